The highest BCUT2D eigenvalue weighted by atomic mass is 16.5. The van der Waals surface area contributed by atoms with Crippen LogP contribution in [0.1, 0.15) is 35.6 Å². The van der Waals surface area contributed by atoms with E-state index in [-0.39, 0.29) is 0 Å². The second-order valence-electron chi connectivity index (χ2n) is 7.67. The molecule has 0 amide bonds. The van der Waals surface area contributed by atoms with Crippen LogP contribution in [-0.4, -0.2) is 51.8 Å². The highest BCUT2D eigenvalue weighted by Crippen LogP contribution is 2.27. The van der Waals surface area contributed by atoms with Crippen LogP contribution in [0.2, 0.25) is 0 Å². The van der Waals surface area contributed by atoms with E-state index < -0.39 is 0 Å². The van der Waals surface area contributed by atoms with Crippen LogP contribution in [0.25, 0.3) is 0 Å². The van der Waals surface area contributed by atoms with Gasteiger partial charge in [-0.2, -0.15) is 0 Å². The molecule has 0 aromatic heterocycles. The van der Waals surface area contributed by atoms with Gasteiger partial charge >= 0.3 is 0 Å². The lowest BCUT2D eigenvalue weighted by atomic mass is 10.0. The van der Waals surface area contributed by atoms with Gasteiger partial charge in [-0.25, -0.2) is 0 Å². The highest BCUT2D eigenvalue weighted by molar-refractivity contribution is 5.79. The molecule has 0 saturated carbocycles. The minimum atomic E-state index is 0.340. The number of hydrogen-bond acceptors (Lipinski definition) is 4. The first-order chi connectivity index (χ1) is 14.6. The van der Waals surface area contributed by atoms with Crippen LogP contribution in [0.15, 0.2) is 47.5 Å². The van der Waals surface area contributed by atoms with Crippen LogP contribution in [0, 0.1) is 6.92 Å². The molecule has 3 rings (SSSR count). The monoisotopic (exact) mass is 410 g/mol. The van der Waals surface area contributed by atoms with E-state index in [2.05, 4.69) is 51.7 Å². The van der Waals surface area contributed by atoms with Crippen molar-refractivity contribution >= 4 is 5.96 Å². The summed E-state index contributed by atoms with van der Waals surface area (Å²) in [5.41, 5.74) is 3.75. The van der Waals surface area contributed by atoms with Gasteiger partial charge in [-0.05, 0) is 56.1 Å². The number of guanidine groups is 1. The zero-order chi connectivity index (χ0) is 21.3. The summed E-state index contributed by atoms with van der Waals surface area (Å²) in [6.07, 6.45) is 2.54. The van der Waals surface area contributed by atoms with Crippen molar-refractivity contribution in [3.63, 3.8) is 0 Å². The molecule has 2 aromatic rings. The molecule has 162 valence electrons. The normalized spacial score (nSPS) is 15.7. The van der Waals surface area contributed by atoms with Crippen LogP contribution in [-0.2, 0) is 6.54 Å². The van der Waals surface area contributed by atoms with Gasteiger partial charge in [0.25, 0.3) is 0 Å². The van der Waals surface area contributed by atoms with Crippen molar-refractivity contribution in [3.8, 4) is 11.5 Å². The predicted octanol–water partition coefficient (Wildman–Crippen LogP) is 3.51. The summed E-state index contributed by atoms with van der Waals surface area (Å²) in [4.78, 5) is 6.97. The van der Waals surface area contributed by atoms with Gasteiger partial charge in [0.15, 0.2) is 17.5 Å². The van der Waals surface area contributed by atoms with Crippen molar-refractivity contribution in [2.24, 2.45) is 4.99 Å². The van der Waals surface area contributed by atoms with Gasteiger partial charge in [0.2, 0.25) is 0 Å². The van der Waals surface area contributed by atoms with Crippen LogP contribution in [0.3, 0.4) is 0 Å². The van der Waals surface area contributed by atoms with E-state index in [0.717, 1.165) is 42.7 Å². The standard InChI is InChI=1S/C24H34N4O2/c1-18-7-10-20(11-8-18)21(28-13-5-6-14-28)17-27-24(25-2)26-16-19-9-12-22(29-3)23(15-19)30-4/h7-12,15,21H,5-6,13-14,16-17H2,1-4H3,(H2,25,26,27). The van der Waals surface area contributed by atoms with E-state index in [1.54, 1.807) is 21.3 Å². The van der Waals surface area contributed by atoms with Crippen molar-refractivity contribution in [2.45, 2.75) is 32.4 Å². The molecule has 0 spiro atoms. The van der Waals surface area contributed by atoms with Gasteiger partial charge in [-0.15, -0.1) is 0 Å². The maximum Gasteiger partial charge on any atom is 0.191 e. The van der Waals surface area contributed by atoms with Crippen LogP contribution < -0.4 is 20.1 Å². The third kappa shape index (κ3) is 5.66. The van der Waals surface area contributed by atoms with Gasteiger partial charge in [0, 0.05) is 20.1 Å². The number of ether oxygens (including phenoxy) is 2. The topological polar surface area (TPSA) is 58.1 Å². The molecule has 6 nitrogen and oxygen atoms in total. The SMILES string of the molecule is CN=C(NCc1ccc(OC)c(OC)c1)NCC(c1ccc(C)cc1)N1CCCC1. The number of nitrogens with zero attached hydrogens (tertiary/aromatic N) is 2. The summed E-state index contributed by atoms with van der Waals surface area (Å²) in [6, 6.07) is 15.2. The number of methoxy groups -OCH3 is 2. The quantitative estimate of drug-likeness (QED) is 0.515. The predicted molar refractivity (Wildman–Crippen MR) is 122 cm³/mol. The van der Waals surface area contributed by atoms with Gasteiger partial charge in [-0.1, -0.05) is 35.9 Å². The summed E-state index contributed by atoms with van der Waals surface area (Å²) in [7, 11) is 5.10. The average Bonchev–Trinajstić information content (AvgIpc) is 3.31. The molecule has 1 atom stereocenters. The minimum absolute atomic E-state index is 0.340. The molecular formula is C24H34N4O2. The summed E-state index contributed by atoms with van der Waals surface area (Å²) in [6.45, 7) is 5.90. The van der Waals surface area contributed by atoms with Crippen molar-refractivity contribution < 1.29 is 9.47 Å². The lowest BCUT2D eigenvalue weighted by molar-refractivity contribution is 0.245. The Morgan fingerprint density at radius 3 is 2.33 bits per heavy atom. The van der Waals surface area contributed by atoms with E-state index in [4.69, 9.17) is 9.47 Å². The molecule has 0 bridgehead atoms. The summed E-state index contributed by atoms with van der Waals surface area (Å²) in [5.74, 6) is 2.25. The average molecular weight is 411 g/mol. The van der Waals surface area contributed by atoms with Crippen LogP contribution in [0.5, 0.6) is 11.5 Å². The molecule has 1 aliphatic heterocycles. The number of hydrogen-bond donors (Lipinski definition) is 2. The first kappa shape index (κ1) is 22.0. The van der Waals surface area contributed by atoms with Crippen molar-refractivity contribution in [2.75, 3.05) is 40.9 Å². The smallest absolute Gasteiger partial charge is 0.191 e. The Hall–Kier alpha value is -2.73. The molecule has 0 radical (unpaired) electrons. The Morgan fingerprint density at radius 1 is 1.00 bits per heavy atom. The third-order valence-electron chi connectivity index (χ3n) is 5.64. The molecule has 2 aromatic carbocycles. The second-order valence-corrected chi connectivity index (χ2v) is 7.67. The summed E-state index contributed by atoms with van der Waals surface area (Å²) in [5, 5.41) is 6.93. The maximum atomic E-state index is 5.40. The zero-order valence-electron chi connectivity index (χ0n) is 18.6. The molecule has 0 aliphatic carbocycles. The fourth-order valence-electron chi connectivity index (χ4n) is 3.89. The van der Waals surface area contributed by atoms with Crippen LogP contribution in [0.4, 0.5) is 0 Å². The summed E-state index contributed by atoms with van der Waals surface area (Å²) < 4.78 is 10.7. The zero-order valence-corrected chi connectivity index (χ0v) is 18.6. The van der Waals surface area contributed by atoms with Gasteiger partial charge < -0.3 is 20.1 Å². The van der Waals surface area contributed by atoms with Crippen molar-refractivity contribution in [1.29, 1.82) is 0 Å². The number of nitrogens with one attached hydrogen (secondary N) is 2. The lowest BCUT2D eigenvalue weighted by Gasteiger charge is -2.29. The molecular weight excluding hydrogens is 376 g/mol. The molecule has 2 N–H and O–H groups in total. The first-order valence-electron chi connectivity index (χ1n) is 10.6. The van der Waals surface area contributed by atoms with E-state index in [1.165, 1.54) is 24.0 Å². The molecule has 1 aliphatic rings. The highest BCUT2D eigenvalue weighted by Gasteiger charge is 2.23. The second kappa shape index (κ2) is 10.9. The van der Waals surface area contributed by atoms with Crippen molar-refractivity contribution in [3.05, 3.63) is 59.2 Å². The first-order valence-corrected chi connectivity index (χ1v) is 10.6. The molecule has 1 saturated heterocycles. The van der Waals surface area contributed by atoms with Gasteiger partial charge in [0.05, 0.1) is 20.3 Å². The fraction of sp³-hybridized carbons (Fsp3) is 0.458. The Morgan fingerprint density at radius 2 is 1.70 bits per heavy atom. The molecule has 1 unspecified atom stereocenters. The number of aliphatic imine (C=N–C) groups is 1. The number of rotatable bonds is 8. The van der Waals surface area contributed by atoms with E-state index >= 15 is 0 Å². The Labute approximate surface area is 180 Å². The number of aryl methyl sites for hydroxylation is 1. The summed E-state index contributed by atoms with van der Waals surface area (Å²) >= 11 is 0. The van der Waals surface area contributed by atoms with E-state index in [1.807, 2.05) is 18.2 Å². The van der Waals surface area contributed by atoms with Gasteiger partial charge in [0.1, 0.15) is 0 Å². The number of likely N-dealkylation sites (tertiary alicyclic amines) is 1. The molecule has 30 heavy (non-hydrogen) atoms. The Kier molecular flexibility index (Phi) is 7.97. The fourth-order valence-corrected chi connectivity index (χ4v) is 3.89. The minimum Gasteiger partial charge on any atom is -0.493 e. The maximum absolute atomic E-state index is 5.40. The Balaban J connectivity index is 1.62. The van der Waals surface area contributed by atoms with E-state index in [0.29, 0.717) is 12.6 Å². The molecule has 1 heterocycles. The number of benzene rings is 2. The molecule has 6 heteroatoms. The largest absolute Gasteiger partial charge is 0.493 e. The van der Waals surface area contributed by atoms with Gasteiger partial charge in [-0.3, -0.25) is 9.89 Å². The van der Waals surface area contributed by atoms with Crippen LogP contribution >= 0.6 is 0 Å². The van der Waals surface area contributed by atoms with Crippen molar-refractivity contribution in [1.82, 2.24) is 15.5 Å². The lowest BCUT2D eigenvalue weighted by Crippen LogP contribution is -2.42. The Bertz CT molecular complexity index is 830. The molecule has 1 fully saturated rings. The third-order valence-corrected chi connectivity index (χ3v) is 5.64. The van der Waals surface area contributed by atoms with E-state index in [9.17, 15) is 0 Å².